The number of nitrogens with one attached hydrogen (secondary N) is 2. The Bertz CT molecular complexity index is 733. The number of hydrogen-bond acceptors (Lipinski definition) is 1. The number of aryl methyl sites for hydroxylation is 1. The zero-order valence-electron chi connectivity index (χ0n) is 15.0. The van der Waals surface area contributed by atoms with Crippen LogP contribution in [-0.2, 0) is 11.2 Å². The molecule has 128 valence electrons. The number of allylic oxidation sites excluding steroid dienone is 3. The molecule has 0 spiro atoms. The van der Waals surface area contributed by atoms with Gasteiger partial charge in [0.05, 0.1) is 0 Å². The van der Waals surface area contributed by atoms with Gasteiger partial charge in [0.25, 0.3) is 0 Å². The number of H-pyrrole nitrogens is 1. The summed E-state index contributed by atoms with van der Waals surface area (Å²) in [5, 5.41) is 4.19. The van der Waals surface area contributed by atoms with Crippen LogP contribution in [0.3, 0.4) is 0 Å². The molecule has 2 N–H and O–H groups in total. The predicted molar refractivity (Wildman–Crippen MR) is 102 cm³/mol. The van der Waals surface area contributed by atoms with Crippen LogP contribution < -0.4 is 5.32 Å². The van der Waals surface area contributed by atoms with Crippen molar-refractivity contribution in [1.82, 2.24) is 10.3 Å². The van der Waals surface area contributed by atoms with Gasteiger partial charge in [0.1, 0.15) is 0 Å². The average Bonchev–Trinajstić information content (AvgIpc) is 2.96. The summed E-state index contributed by atoms with van der Waals surface area (Å²) in [6, 6.07) is 8.20. The quantitative estimate of drug-likeness (QED) is 0.666. The molecule has 0 fully saturated rings. The molecule has 1 aromatic carbocycles. The lowest BCUT2D eigenvalue weighted by Gasteiger charge is -2.04. The van der Waals surface area contributed by atoms with Crippen molar-refractivity contribution in [1.29, 1.82) is 0 Å². The number of rotatable bonds is 8. The number of fused-ring (bicyclic) bond motifs is 1. The number of aromatic nitrogens is 1. The summed E-state index contributed by atoms with van der Waals surface area (Å²) < 4.78 is 0. The number of carbonyl (C=O) groups is 1. The molecule has 0 aliphatic carbocycles. The maximum Gasteiger partial charge on any atom is 0.220 e. The highest BCUT2D eigenvalue weighted by atomic mass is 16.1. The predicted octanol–water partition coefficient (Wildman–Crippen LogP) is 4.91. The van der Waals surface area contributed by atoms with Crippen LogP contribution in [0.25, 0.3) is 10.9 Å². The Balaban J connectivity index is 1.72. The fraction of sp³-hybridized carbons (Fsp3) is 0.381. The van der Waals surface area contributed by atoms with Crippen molar-refractivity contribution < 1.29 is 4.79 Å². The molecule has 0 saturated heterocycles. The molecule has 0 saturated carbocycles. The molecule has 0 unspecified atom stereocenters. The fourth-order valence-electron chi connectivity index (χ4n) is 2.70. The van der Waals surface area contributed by atoms with E-state index in [-0.39, 0.29) is 5.91 Å². The molecule has 2 aromatic rings. The topological polar surface area (TPSA) is 44.9 Å². The first-order chi connectivity index (χ1) is 11.6. The highest BCUT2D eigenvalue weighted by molar-refractivity contribution is 5.84. The van der Waals surface area contributed by atoms with E-state index < -0.39 is 0 Å². The Kier molecular flexibility index (Phi) is 6.86. The maximum absolute atomic E-state index is 12.0. The Hall–Kier alpha value is -2.29. The van der Waals surface area contributed by atoms with Gasteiger partial charge in [0, 0.05) is 30.1 Å². The average molecular weight is 324 g/mol. The summed E-state index contributed by atoms with van der Waals surface area (Å²) in [6.07, 6.45) is 9.77. The van der Waals surface area contributed by atoms with Gasteiger partial charge in [0.15, 0.2) is 0 Å². The molecule has 3 heteroatoms. The number of aromatic amines is 1. The smallest absolute Gasteiger partial charge is 0.220 e. The minimum atomic E-state index is 0.105. The minimum absolute atomic E-state index is 0.105. The highest BCUT2D eigenvalue weighted by Gasteiger charge is 2.06. The Morgan fingerprint density at radius 1 is 1.12 bits per heavy atom. The molecule has 1 heterocycles. The largest absolute Gasteiger partial charge is 0.361 e. The van der Waals surface area contributed by atoms with Crippen molar-refractivity contribution in [3.05, 3.63) is 59.3 Å². The lowest BCUT2D eigenvalue weighted by atomic mass is 10.1. The number of hydrogen-bond donors (Lipinski definition) is 2. The van der Waals surface area contributed by atoms with Gasteiger partial charge in [-0.3, -0.25) is 4.79 Å². The van der Waals surface area contributed by atoms with Crippen molar-refractivity contribution in [3.63, 3.8) is 0 Å². The second-order valence-electron chi connectivity index (χ2n) is 6.53. The number of benzene rings is 1. The van der Waals surface area contributed by atoms with E-state index in [1.165, 1.54) is 22.1 Å². The third-order valence-electron chi connectivity index (χ3n) is 4.14. The lowest BCUT2D eigenvalue weighted by Crippen LogP contribution is -2.23. The monoisotopic (exact) mass is 324 g/mol. The van der Waals surface area contributed by atoms with E-state index in [4.69, 9.17) is 0 Å². The van der Waals surface area contributed by atoms with Crippen molar-refractivity contribution >= 4 is 16.8 Å². The van der Waals surface area contributed by atoms with Crippen molar-refractivity contribution in [2.45, 2.75) is 46.5 Å². The van der Waals surface area contributed by atoms with E-state index in [1.54, 1.807) is 0 Å². The van der Waals surface area contributed by atoms with Crippen LogP contribution in [0.4, 0.5) is 0 Å². The van der Waals surface area contributed by atoms with E-state index in [0.29, 0.717) is 13.0 Å². The molecule has 2 rings (SSSR count). The molecule has 0 bridgehead atoms. The molecule has 0 aliphatic rings. The van der Waals surface area contributed by atoms with Gasteiger partial charge in [-0.15, -0.1) is 0 Å². The zero-order chi connectivity index (χ0) is 17.4. The van der Waals surface area contributed by atoms with Crippen LogP contribution in [0, 0.1) is 0 Å². The van der Waals surface area contributed by atoms with Crippen molar-refractivity contribution in [2.75, 3.05) is 6.54 Å². The zero-order valence-corrected chi connectivity index (χ0v) is 15.0. The van der Waals surface area contributed by atoms with E-state index in [1.807, 2.05) is 18.3 Å². The van der Waals surface area contributed by atoms with E-state index in [0.717, 1.165) is 24.8 Å². The van der Waals surface area contributed by atoms with E-state index in [9.17, 15) is 4.79 Å². The second-order valence-corrected chi connectivity index (χ2v) is 6.53. The fourth-order valence-corrected chi connectivity index (χ4v) is 2.70. The number of carbonyl (C=O) groups excluding carboxylic acids is 1. The first-order valence-corrected chi connectivity index (χ1v) is 8.67. The molecule has 0 radical (unpaired) electrons. The van der Waals surface area contributed by atoms with Crippen LogP contribution >= 0.6 is 0 Å². The van der Waals surface area contributed by atoms with Gasteiger partial charge in [-0.2, -0.15) is 0 Å². The molecule has 24 heavy (non-hydrogen) atoms. The molecule has 0 atom stereocenters. The molecule has 1 amide bonds. The van der Waals surface area contributed by atoms with Gasteiger partial charge in [-0.25, -0.2) is 0 Å². The molecule has 0 aliphatic heterocycles. The normalized spacial score (nSPS) is 11.5. The van der Waals surface area contributed by atoms with Crippen LogP contribution in [0.15, 0.2) is 53.8 Å². The third kappa shape index (κ3) is 5.73. The van der Waals surface area contributed by atoms with Crippen LogP contribution in [0.2, 0.25) is 0 Å². The number of amides is 1. The van der Waals surface area contributed by atoms with Crippen molar-refractivity contribution in [3.8, 4) is 0 Å². The second kappa shape index (κ2) is 9.11. The first-order valence-electron chi connectivity index (χ1n) is 8.67. The van der Waals surface area contributed by atoms with E-state index in [2.05, 4.69) is 55.4 Å². The Morgan fingerprint density at radius 3 is 2.71 bits per heavy atom. The molecule has 1 aromatic heterocycles. The Morgan fingerprint density at radius 2 is 1.92 bits per heavy atom. The van der Waals surface area contributed by atoms with Crippen molar-refractivity contribution in [2.24, 2.45) is 0 Å². The molecular weight excluding hydrogens is 296 g/mol. The summed E-state index contributed by atoms with van der Waals surface area (Å²) in [5.41, 5.74) is 5.01. The van der Waals surface area contributed by atoms with Gasteiger partial charge in [-0.1, -0.05) is 41.5 Å². The van der Waals surface area contributed by atoms with Gasteiger partial charge in [0.2, 0.25) is 5.91 Å². The summed E-state index contributed by atoms with van der Waals surface area (Å²) in [4.78, 5) is 15.3. The van der Waals surface area contributed by atoms with Crippen LogP contribution in [0.5, 0.6) is 0 Å². The maximum atomic E-state index is 12.0. The number of para-hydroxylation sites is 1. The summed E-state index contributed by atoms with van der Waals surface area (Å²) in [5.74, 6) is 0.105. The van der Waals surface area contributed by atoms with Gasteiger partial charge < -0.3 is 10.3 Å². The summed E-state index contributed by atoms with van der Waals surface area (Å²) in [6.45, 7) is 6.98. The van der Waals surface area contributed by atoms with Crippen LogP contribution in [0.1, 0.15) is 45.6 Å². The van der Waals surface area contributed by atoms with Gasteiger partial charge in [-0.05, 0) is 51.7 Å². The highest BCUT2D eigenvalue weighted by Crippen LogP contribution is 2.18. The lowest BCUT2D eigenvalue weighted by molar-refractivity contribution is -0.120. The third-order valence-corrected chi connectivity index (χ3v) is 4.14. The first kappa shape index (κ1) is 18.1. The molecular formula is C21H28N2O. The standard InChI is InChI=1S/C21H28N2O/c1-16(2)7-6-8-17(3)13-14-22-21(24)12-11-18-15-23-20-10-5-4-9-19(18)20/h4-5,7,9-10,13,15,23H,6,8,11-12,14H2,1-3H3,(H,22,24). The van der Waals surface area contributed by atoms with Gasteiger partial charge >= 0.3 is 0 Å². The summed E-state index contributed by atoms with van der Waals surface area (Å²) >= 11 is 0. The summed E-state index contributed by atoms with van der Waals surface area (Å²) in [7, 11) is 0. The van der Waals surface area contributed by atoms with E-state index >= 15 is 0 Å². The molecule has 3 nitrogen and oxygen atoms in total. The minimum Gasteiger partial charge on any atom is -0.361 e. The van der Waals surface area contributed by atoms with Crippen LogP contribution in [-0.4, -0.2) is 17.4 Å². The SMILES string of the molecule is CC(C)=CCCC(C)=CCNC(=O)CCc1c[nH]c2ccccc12. The Labute approximate surface area is 144 Å².